The first-order valence-corrected chi connectivity index (χ1v) is 8.96. The van der Waals surface area contributed by atoms with E-state index in [4.69, 9.17) is 9.47 Å². The fraction of sp³-hybridized carbons (Fsp3) is 0.684. The third-order valence-corrected chi connectivity index (χ3v) is 6.09. The van der Waals surface area contributed by atoms with Crippen LogP contribution in [-0.4, -0.2) is 23.2 Å². The predicted molar refractivity (Wildman–Crippen MR) is 85.4 cm³/mol. The van der Waals surface area contributed by atoms with Gasteiger partial charge in [-0.05, 0) is 43.7 Å². The molecule has 1 aromatic heterocycles. The molecule has 3 aliphatic rings. The number of cyclic esters (lactones) is 1. The lowest BCUT2D eigenvalue weighted by atomic mass is 9.61. The van der Waals surface area contributed by atoms with Crippen LogP contribution in [0.3, 0.4) is 0 Å². The summed E-state index contributed by atoms with van der Waals surface area (Å²) in [5.41, 5.74) is 0.958. The molecule has 6 atom stereocenters. The first-order valence-electron chi connectivity index (χ1n) is 8.96. The summed E-state index contributed by atoms with van der Waals surface area (Å²) in [5, 5.41) is 0. The van der Waals surface area contributed by atoms with Crippen LogP contribution in [0.2, 0.25) is 0 Å². The highest BCUT2D eigenvalue weighted by molar-refractivity contribution is 5.75. The Morgan fingerprint density at radius 2 is 2.17 bits per heavy atom. The molecule has 0 N–H and O–H groups in total. The van der Waals surface area contributed by atoms with E-state index in [-0.39, 0.29) is 30.0 Å². The quantitative estimate of drug-likeness (QED) is 0.803. The van der Waals surface area contributed by atoms with Crippen molar-refractivity contribution in [2.45, 2.75) is 57.8 Å². The normalized spacial score (nSPS) is 39.4. The number of rotatable bonds is 3. The van der Waals surface area contributed by atoms with Crippen LogP contribution in [0, 0.1) is 23.7 Å². The Hall–Kier alpha value is -1.42. The highest BCUT2D eigenvalue weighted by atomic mass is 16.6. The highest BCUT2D eigenvalue weighted by Gasteiger charge is 2.55. The molecule has 1 saturated heterocycles. The number of carbonyl (C=O) groups is 1. The zero-order valence-corrected chi connectivity index (χ0v) is 13.7. The van der Waals surface area contributed by atoms with Gasteiger partial charge in [-0.25, -0.2) is 0 Å². The molecule has 0 amide bonds. The molecule has 23 heavy (non-hydrogen) atoms. The van der Waals surface area contributed by atoms with Gasteiger partial charge >= 0.3 is 5.97 Å². The fourth-order valence-electron chi connectivity index (χ4n) is 5.06. The largest absolute Gasteiger partial charge is 0.462 e. The summed E-state index contributed by atoms with van der Waals surface area (Å²) in [6.45, 7) is 2.56. The molecular formula is C19H25NO3. The molecule has 4 heteroatoms. The van der Waals surface area contributed by atoms with E-state index >= 15 is 0 Å². The van der Waals surface area contributed by atoms with Crippen LogP contribution in [0.25, 0.3) is 0 Å². The number of carbonyl (C=O) groups excluding carboxylic acids is 1. The summed E-state index contributed by atoms with van der Waals surface area (Å²) in [4.78, 5) is 16.6. The Morgan fingerprint density at radius 1 is 1.30 bits per heavy atom. The second kappa shape index (κ2) is 6.23. The Balaban J connectivity index is 1.56. The minimum absolute atomic E-state index is 0.00189. The molecule has 2 heterocycles. The maximum atomic E-state index is 12.2. The third-order valence-electron chi connectivity index (χ3n) is 6.09. The summed E-state index contributed by atoms with van der Waals surface area (Å²) >= 11 is 0. The van der Waals surface area contributed by atoms with Gasteiger partial charge in [-0.15, -0.1) is 0 Å². The van der Waals surface area contributed by atoms with Gasteiger partial charge in [-0.2, -0.15) is 0 Å². The minimum Gasteiger partial charge on any atom is -0.462 e. The van der Waals surface area contributed by atoms with Gasteiger partial charge in [0.1, 0.15) is 6.10 Å². The predicted octanol–water partition coefficient (Wildman–Crippen LogP) is 3.35. The second-order valence-electron chi connectivity index (χ2n) is 7.37. The van der Waals surface area contributed by atoms with Gasteiger partial charge in [0.25, 0.3) is 0 Å². The fourth-order valence-corrected chi connectivity index (χ4v) is 5.06. The van der Waals surface area contributed by atoms with Crippen molar-refractivity contribution in [2.75, 3.05) is 0 Å². The van der Waals surface area contributed by atoms with Crippen LogP contribution in [0.4, 0.5) is 0 Å². The van der Waals surface area contributed by atoms with Gasteiger partial charge in [0.15, 0.2) is 0 Å². The molecule has 1 aromatic rings. The number of ether oxygens (including phenoxy) is 2. The van der Waals surface area contributed by atoms with E-state index in [1.807, 2.05) is 25.1 Å². The van der Waals surface area contributed by atoms with Gasteiger partial charge in [0.2, 0.25) is 0 Å². The molecule has 2 aliphatic carbocycles. The van der Waals surface area contributed by atoms with E-state index < -0.39 is 0 Å². The van der Waals surface area contributed by atoms with E-state index in [1.54, 1.807) is 6.20 Å². The van der Waals surface area contributed by atoms with Crippen molar-refractivity contribution >= 4 is 5.97 Å². The molecular weight excluding hydrogens is 290 g/mol. The maximum absolute atomic E-state index is 12.2. The molecule has 4 nitrogen and oxygen atoms in total. The summed E-state index contributed by atoms with van der Waals surface area (Å²) in [5.74, 6) is 1.45. The molecule has 0 spiro atoms. The van der Waals surface area contributed by atoms with E-state index in [0.29, 0.717) is 18.4 Å². The van der Waals surface area contributed by atoms with Crippen LogP contribution in [0.1, 0.15) is 44.7 Å². The molecule has 0 radical (unpaired) electrons. The molecule has 1 aliphatic heterocycles. The van der Waals surface area contributed by atoms with Crippen molar-refractivity contribution in [3.63, 3.8) is 0 Å². The molecule has 2 saturated carbocycles. The smallest absolute Gasteiger partial charge is 0.309 e. The molecule has 3 fully saturated rings. The van der Waals surface area contributed by atoms with Crippen molar-refractivity contribution in [1.29, 1.82) is 0 Å². The van der Waals surface area contributed by atoms with E-state index in [1.165, 1.54) is 25.7 Å². The maximum Gasteiger partial charge on any atom is 0.309 e. The van der Waals surface area contributed by atoms with E-state index in [0.717, 1.165) is 12.1 Å². The van der Waals surface area contributed by atoms with Crippen molar-refractivity contribution in [1.82, 2.24) is 4.98 Å². The van der Waals surface area contributed by atoms with E-state index in [2.05, 4.69) is 4.98 Å². The van der Waals surface area contributed by atoms with Crippen molar-refractivity contribution in [2.24, 2.45) is 23.7 Å². The number of hydrogen-bond acceptors (Lipinski definition) is 4. The number of pyridine rings is 1. The van der Waals surface area contributed by atoms with Crippen molar-refractivity contribution in [3.05, 3.63) is 30.1 Å². The minimum atomic E-state index is -0.0240. The number of aromatic nitrogens is 1. The highest BCUT2D eigenvalue weighted by Crippen LogP contribution is 2.51. The van der Waals surface area contributed by atoms with Crippen molar-refractivity contribution in [3.8, 4) is 0 Å². The van der Waals surface area contributed by atoms with E-state index in [9.17, 15) is 4.79 Å². The number of fused-ring (bicyclic) bond motifs is 2. The molecule has 4 rings (SSSR count). The zero-order chi connectivity index (χ0) is 15.8. The lowest BCUT2D eigenvalue weighted by Crippen LogP contribution is -2.48. The standard InChI is InChI=1S/C19H25NO3/c1-12-17-16(19(21)23-12)10-13-6-2-3-8-15(13)18(17)22-11-14-7-4-5-9-20-14/h4-5,7,9,12-13,15-18H,2-3,6,8,10-11H2,1H3/t12?,13?,15?,16?,17?,18-/m1/s1. The first-order chi connectivity index (χ1) is 11.2. The molecule has 5 unspecified atom stereocenters. The molecule has 124 valence electrons. The number of esters is 1. The molecule has 0 bridgehead atoms. The zero-order valence-electron chi connectivity index (χ0n) is 13.7. The van der Waals surface area contributed by atoms with Crippen LogP contribution < -0.4 is 0 Å². The van der Waals surface area contributed by atoms with Gasteiger partial charge in [-0.3, -0.25) is 9.78 Å². The lowest BCUT2D eigenvalue weighted by molar-refractivity contribution is -0.145. The third kappa shape index (κ3) is 2.78. The summed E-state index contributed by atoms with van der Waals surface area (Å²) in [6, 6.07) is 5.91. The van der Waals surface area contributed by atoms with Crippen molar-refractivity contribution < 1.29 is 14.3 Å². The Kier molecular flexibility index (Phi) is 4.10. The Labute approximate surface area is 137 Å². The van der Waals surface area contributed by atoms with Gasteiger partial charge in [0.05, 0.1) is 24.3 Å². The Morgan fingerprint density at radius 3 is 3.00 bits per heavy atom. The number of hydrogen-bond donors (Lipinski definition) is 0. The van der Waals surface area contributed by atoms with Crippen LogP contribution in [0.5, 0.6) is 0 Å². The summed E-state index contributed by atoms with van der Waals surface area (Å²) < 4.78 is 11.9. The van der Waals surface area contributed by atoms with Crippen LogP contribution in [0.15, 0.2) is 24.4 Å². The van der Waals surface area contributed by atoms with Gasteiger partial charge in [-0.1, -0.05) is 25.3 Å². The Bertz CT molecular complexity index is 561. The van der Waals surface area contributed by atoms with Crippen LogP contribution in [-0.2, 0) is 20.9 Å². The monoisotopic (exact) mass is 315 g/mol. The topological polar surface area (TPSA) is 48.4 Å². The first kappa shape index (κ1) is 15.1. The lowest BCUT2D eigenvalue weighted by Gasteiger charge is -2.46. The van der Waals surface area contributed by atoms with Gasteiger partial charge < -0.3 is 9.47 Å². The van der Waals surface area contributed by atoms with Crippen LogP contribution >= 0.6 is 0 Å². The number of nitrogens with zero attached hydrogens (tertiary/aromatic N) is 1. The summed E-state index contributed by atoms with van der Waals surface area (Å²) in [6.07, 6.45) is 7.94. The average molecular weight is 315 g/mol. The SMILES string of the molecule is CC1OC(=O)C2CC3CCCCC3[C@@H](OCc3ccccn3)C12. The molecule has 0 aromatic carbocycles. The summed E-state index contributed by atoms with van der Waals surface area (Å²) in [7, 11) is 0. The second-order valence-corrected chi connectivity index (χ2v) is 7.37. The van der Waals surface area contributed by atoms with Gasteiger partial charge in [0, 0.05) is 12.1 Å². The average Bonchev–Trinajstić information content (AvgIpc) is 2.87.